The maximum atomic E-state index is 13.0. The molecule has 0 aromatic heterocycles. The fourth-order valence-corrected chi connectivity index (χ4v) is 7.06. The van der Waals surface area contributed by atoms with Crippen LogP contribution in [0.5, 0.6) is 0 Å². The summed E-state index contributed by atoms with van der Waals surface area (Å²) in [5, 5.41) is 0. The number of Topliss-reactive ketones (excluding diaryl/α,β-unsaturated/α-hetero) is 1. The number of carbonyl (C=O) groups is 1. The molecule has 2 aliphatic carbocycles. The van der Waals surface area contributed by atoms with Gasteiger partial charge in [-0.15, -0.1) is 0 Å². The normalized spacial score (nSPS) is 37.6. The van der Waals surface area contributed by atoms with E-state index < -0.39 is 21.0 Å². The molecule has 1 heterocycles. The molecule has 0 unspecified atom stereocenters. The Labute approximate surface area is 133 Å². The smallest absolute Gasteiger partial charge is 0.215 e. The maximum absolute atomic E-state index is 13.0. The molecule has 1 saturated heterocycles. The number of morpholine rings is 1. The molecule has 1 aliphatic heterocycles. The molecular weight excluding hydrogens is 302 g/mol. The van der Waals surface area contributed by atoms with Gasteiger partial charge in [0.05, 0.1) is 18.0 Å². The maximum Gasteiger partial charge on any atom is 0.215 e. The molecule has 2 bridgehead atoms. The van der Waals surface area contributed by atoms with Crippen LogP contribution in [0.15, 0.2) is 0 Å². The van der Waals surface area contributed by atoms with Crippen molar-refractivity contribution in [3.8, 4) is 0 Å². The van der Waals surface area contributed by atoms with Gasteiger partial charge < -0.3 is 4.74 Å². The summed E-state index contributed by atoms with van der Waals surface area (Å²) in [6, 6.07) is 0. The molecule has 0 aromatic carbocycles. The monoisotopic (exact) mass is 329 g/mol. The van der Waals surface area contributed by atoms with E-state index in [1.54, 1.807) is 0 Å². The lowest BCUT2D eigenvalue weighted by Crippen LogP contribution is -2.54. The van der Waals surface area contributed by atoms with Gasteiger partial charge in [0.25, 0.3) is 0 Å². The molecule has 6 heteroatoms. The summed E-state index contributed by atoms with van der Waals surface area (Å²) >= 11 is 0. The van der Waals surface area contributed by atoms with Crippen molar-refractivity contribution in [2.75, 3.05) is 25.4 Å². The third kappa shape index (κ3) is 2.26. The molecule has 3 rings (SSSR count). The number of hydrogen-bond acceptors (Lipinski definition) is 4. The zero-order chi connectivity index (χ0) is 16.4. The van der Waals surface area contributed by atoms with Crippen LogP contribution < -0.4 is 0 Å². The van der Waals surface area contributed by atoms with Crippen molar-refractivity contribution in [1.82, 2.24) is 4.31 Å². The molecule has 0 aromatic rings. The van der Waals surface area contributed by atoms with E-state index in [1.807, 2.05) is 13.8 Å². The summed E-state index contributed by atoms with van der Waals surface area (Å²) < 4.78 is 33.1. The number of fused-ring (bicyclic) bond motifs is 2. The third-order valence-corrected chi connectivity index (χ3v) is 8.31. The predicted molar refractivity (Wildman–Crippen MR) is 84.0 cm³/mol. The van der Waals surface area contributed by atoms with E-state index in [0.29, 0.717) is 32.0 Å². The lowest BCUT2D eigenvalue weighted by Gasteiger charge is -2.41. The number of hydrogen-bond donors (Lipinski definition) is 0. The van der Waals surface area contributed by atoms with Crippen molar-refractivity contribution in [3.63, 3.8) is 0 Å². The van der Waals surface area contributed by atoms with Crippen molar-refractivity contribution >= 4 is 15.8 Å². The highest BCUT2D eigenvalue weighted by Crippen LogP contribution is 2.64. The van der Waals surface area contributed by atoms with Crippen LogP contribution >= 0.6 is 0 Å². The molecule has 5 nitrogen and oxygen atoms in total. The zero-order valence-electron chi connectivity index (χ0n) is 14.0. The first-order valence-electron chi connectivity index (χ1n) is 8.15. The molecular formula is C16H27NO4S. The average Bonchev–Trinajstić information content (AvgIpc) is 2.71. The number of ether oxygens (including phenoxy) is 1. The number of ketones is 1. The van der Waals surface area contributed by atoms with Gasteiger partial charge in [0.15, 0.2) is 0 Å². The van der Waals surface area contributed by atoms with Crippen molar-refractivity contribution < 1.29 is 17.9 Å². The first kappa shape index (κ1) is 16.4. The molecule has 0 amide bonds. The van der Waals surface area contributed by atoms with Crippen LogP contribution in [-0.4, -0.2) is 49.6 Å². The molecule has 3 aliphatic rings. The number of carbonyl (C=O) groups excluding carboxylic acids is 1. The van der Waals surface area contributed by atoms with Crippen LogP contribution in [0.25, 0.3) is 0 Å². The van der Waals surface area contributed by atoms with Crippen LogP contribution in [-0.2, 0) is 19.6 Å². The number of nitrogens with zero attached hydrogens (tertiary/aromatic N) is 1. The van der Waals surface area contributed by atoms with Gasteiger partial charge in [0, 0.05) is 24.9 Å². The lowest BCUT2D eigenvalue weighted by molar-refractivity contribution is -0.128. The number of rotatable bonds is 3. The van der Waals surface area contributed by atoms with Crippen molar-refractivity contribution in [2.45, 2.75) is 52.6 Å². The van der Waals surface area contributed by atoms with Crippen molar-refractivity contribution in [1.29, 1.82) is 0 Å². The molecule has 3 fully saturated rings. The Morgan fingerprint density at radius 3 is 2.45 bits per heavy atom. The van der Waals surface area contributed by atoms with E-state index in [1.165, 1.54) is 4.31 Å². The topological polar surface area (TPSA) is 63.7 Å². The standard InChI is InChI=1S/C16H27NO4S/c1-14(2)10-17(7-8-21-14)22(19,20)11-16-6-5-12(9-13(16)18)15(16,3)4/h12H,5-11H2,1-4H3/t12-,16-/m1/s1. The van der Waals surface area contributed by atoms with E-state index >= 15 is 0 Å². The Morgan fingerprint density at radius 2 is 1.95 bits per heavy atom. The van der Waals surface area contributed by atoms with Crippen LogP contribution in [0, 0.1) is 16.7 Å². The Kier molecular flexibility index (Phi) is 3.56. The molecule has 0 spiro atoms. The summed E-state index contributed by atoms with van der Waals surface area (Å²) in [7, 11) is -3.45. The van der Waals surface area contributed by atoms with Gasteiger partial charge in [0.1, 0.15) is 5.78 Å². The zero-order valence-corrected chi connectivity index (χ0v) is 14.8. The average molecular weight is 329 g/mol. The fourth-order valence-electron chi connectivity index (χ4n) is 4.72. The van der Waals surface area contributed by atoms with E-state index in [-0.39, 0.29) is 17.0 Å². The van der Waals surface area contributed by atoms with Gasteiger partial charge in [-0.2, -0.15) is 4.31 Å². The molecule has 0 N–H and O–H groups in total. The lowest BCUT2D eigenvalue weighted by atomic mass is 9.70. The molecule has 2 atom stereocenters. The van der Waals surface area contributed by atoms with Gasteiger partial charge in [-0.05, 0) is 38.0 Å². The minimum atomic E-state index is -3.45. The van der Waals surface area contributed by atoms with E-state index in [4.69, 9.17) is 4.74 Å². The minimum absolute atomic E-state index is 0.0294. The van der Waals surface area contributed by atoms with E-state index in [9.17, 15) is 13.2 Å². The quantitative estimate of drug-likeness (QED) is 0.792. The Hall–Kier alpha value is -0.460. The molecule has 22 heavy (non-hydrogen) atoms. The van der Waals surface area contributed by atoms with Gasteiger partial charge in [-0.25, -0.2) is 8.42 Å². The largest absolute Gasteiger partial charge is 0.373 e. The van der Waals surface area contributed by atoms with Gasteiger partial charge in [-0.3, -0.25) is 4.79 Å². The highest BCUT2D eigenvalue weighted by atomic mass is 32.2. The Morgan fingerprint density at radius 1 is 1.27 bits per heavy atom. The summed E-state index contributed by atoms with van der Waals surface area (Å²) in [5.74, 6) is 0.472. The SMILES string of the molecule is CC1(C)CN(S(=O)(=O)C[C@]23CC[C@H](CC2=O)C3(C)C)CCO1. The summed E-state index contributed by atoms with van der Waals surface area (Å²) in [6.07, 6.45) is 2.25. The fraction of sp³-hybridized carbons (Fsp3) is 0.938. The minimum Gasteiger partial charge on any atom is -0.373 e. The van der Waals surface area contributed by atoms with Gasteiger partial charge in [-0.1, -0.05) is 13.8 Å². The van der Waals surface area contributed by atoms with Gasteiger partial charge >= 0.3 is 0 Å². The van der Waals surface area contributed by atoms with E-state index in [2.05, 4.69) is 13.8 Å². The van der Waals surface area contributed by atoms with Crippen LogP contribution in [0.1, 0.15) is 47.0 Å². The predicted octanol–water partition coefficient (Wildman–Crippen LogP) is 1.82. The van der Waals surface area contributed by atoms with Crippen LogP contribution in [0.4, 0.5) is 0 Å². The van der Waals surface area contributed by atoms with Crippen LogP contribution in [0.2, 0.25) is 0 Å². The second-order valence-electron chi connectivity index (χ2n) is 8.36. The summed E-state index contributed by atoms with van der Waals surface area (Å²) in [6.45, 7) is 9.14. The van der Waals surface area contributed by atoms with E-state index in [0.717, 1.165) is 12.8 Å². The Bertz CT molecular complexity index is 595. The van der Waals surface area contributed by atoms with Gasteiger partial charge in [0.2, 0.25) is 10.0 Å². The second-order valence-corrected chi connectivity index (χ2v) is 10.3. The molecule has 0 radical (unpaired) electrons. The highest BCUT2D eigenvalue weighted by Gasteiger charge is 2.65. The first-order valence-corrected chi connectivity index (χ1v) is 9.76. The third-order valence-electron chi connectivity index (χ3n) is 6.35. The first-order chi connectivity index (χ1) is 10.0. The van der Waals surface area contributed by atoms with Crippen molar-refractivity contribution in [3.05, 3.63) is 0 Å². The Balaban J connectivity index is 1.87. The van der Waals surface area contributed by atoms with Crippen LogP contribution in [0.3, 0.4) is 0 Å². The molecule has 2 saturated carbocycles. The van der Waals surface area contributed by atoms with Crippen molar-refractivity contribution in [2.24, 2.45) is 16.7 Å². The second kappa shape index (κ2) is 4.77. The molecule has 126 valence electrons. The summed E-state index contributed by atoms with van der Waals surface area (Å²) in [5.41, 5.74) is -1.35. The highest BCUT2D eigenvalue weighted by molar-refractivity contribution is 7.89. The number of sulfonamides is 1. The summed E-state index contributed by atoms with van der Waals surface area (Å²) in [4.78, 5) is 12.6.